The highest BCUT2D eigenvalue weighted by molar-refractivity contribution is 8.18. The van der Waals surface area contributed by atoms with Gasteiger partial charge in [0.25, 0.3) is 11.1 Å². The van der Waals surface area contributed by atoms with Crippen molar-refractivity contribution < 1.29 is 28.7 Å². The van der Waals surface area contributed by atoms with Crippen LogP contribution in [-0.4, -0.2) is 39.6 Å². The van der Waals surface area contributed by atoms with Crippen LogP contribution in [0.3, 0.4) is 0 Å². The molecule has 0 radical (unpaired) electrons. The number of hydrogen-bond acceptors (Lipinski definition) is 6. The summed E-state index contributed by atoms with van der Waals surface area (Å²) in [7, 11) is 0. The van der Waals surface area contributed by atoms with Gasteiger partial charge in [0.05, 0.1) is 10.5 Å². The van der Waals surface area contributed by atoms with E-state index in [2.05, 4.69) is 5.32 Å². The summed E-state index contributed by atoms with van der Waals surface area (Å²) in [5, 5.41) is 11.4. The number of carboxylic acid groups (broad SMARTS) is 1. The van der Waals surface area contributed by atoms with Crippen LogP contribution in [0.25, 0.3) is 17.4 Å². The molecule has 35 heavy (non-hydrogen) atoms. The van der Waals surface area contributed by atoms with E-state index in [9.17, 15) is 24.3 Å². The number of carbonyl (C=O) groups is 4. The highest BCUT2D eigenvalue weighted by atomic mass is 32.2. The number of imide groups is 1. The zero-order valence-electron chi connectivity index (χ0n) is 19.2. The van der Waals surface area contributed by atoms with Crippen LogP contribution in [0, 0.1) is 20.8 Å². The average molecular weight is 491 g/mol. The van der Waals surface area contributed by atoms with E-state index < -0.39 is 29.6 Å². The molecule has 1 aromatic heterocycles. The third-order valence-electron chi connectivity index (χ3n) is 5.70. The molecule has 178 valence electrons. The van der Waals surface area contributed by atoms with Gasteiger partial charge in [0.2, 0.25) is 5.91 Å². The molecule has 0 bridgehead atoms. The molecule has 0 spiro atoms. The summed E-state index contributed by atoms with van der Waals surface area (Å²) in [4.78, 5) is 50.1. The highest BCUT2D eigenvalue weighted by Crippen LogP contribution is 2.34. The Labute approximate surface area is 205 Å². The Morgan fingerprint density at radius 1 is 1.06 bits per heavy atom. The number of anilines is 1. The Kier molecular flexibility index (Phi) is 6.61. The van der Waals surface area contributed by atoms with Crippen LogP contribution in [0.1, 0.15) is 32.8 Å². The molecule has 0 unspecified atom stereocenters. The van der Waals surface area contributed by atoms with Crippen molar-refractivity contribution in [1.29, 1.82) is 0 Å². The second-order valence-electron chi connectivity index (χ2n) is 8.10. The molecule has 1 fully saturated rings. The van der Waals surface area contributed by atoms with Crippen LogP contribution >= 0.6 is 11.8 Å². The van der Waals surface area contributed by atoms with E-state index in [0.717, 1.165) is 33.4 Å². The van der Waals surface area contributed by atoms with Gasteiger partial charge >= 0.3 is 5.97 Å². The molecule has 2 heterocycles. The molecule has 0 aliphatic carbocycles. The zero-order valence-corrected chi connectivity index (χ0v) is 20.1. The lowest BCUT2D eigenvalue weighted by molar-refractivity contribution is -0.127. The van der Waals surface area contributed by atoms with Crippen LogP contribution in [0.15, 0.2) is 57.9 Å². The zero-order chi connectivity index (χ0) is 25.3. The second kappa shape index (κ2) is 9.63. The molecule has 0 saturated carbocycles. The Balaban J connectivity index is 1.49. The first-order valence-electron chi connectivity index (χ1n) is 10.7. The van der Waals surface area contributed by atoms with E-state index in [4.69, 9.17) is 4.42 Å². The molecule has 3 aromatic rings. The maximum atomic E-state index is 12.8. The van der Waals surface area contributed by atoms with Crippen LogP contribution in [-0.2, 0) is 9.59 Å². The number of rotatable bonds is 6. The Morgan fingerprint density at radius 3 is 2.57 bits per heavy atom. The van der Waals surface area contributed by atoms with Crippen molar-refractivity contribution in [1.82, 2.24) is 4.90 Å². The van der Waals surface area contributed by atoms with E-state index in [1.807, 2.05) is 32.9 Å². The molecule has 0 atom stereocenters. The second-order valence-corrected chi connectivity index (χ2v) is 9.09. The third-order valence-corrected chi connectivity index (χ3v) is 6.61. The van der Waals surface area contributed by atoms with E-state index in [1.165, 1.54) is 18.2 Å². The summed E-state index contributed by atoms with van der Waals surface area (Å²) in [5.74, 6) is -1.35. The van der Waals surface area contributed by atoms with Gasteiger partial charge in [-0.1, -0.05) is 18.2 Å². The number of thioether (sulfide) groups is 1. The molecule has 1 saturated heterocycles. The summed E-state index contributed by atoms with van der Waals surface area (Å²) >= 11 is 0.726. The Morgan fingerprint density at radius 2 is 1.83 bits per heavy atom. The molecular weight excluding hydrogens is 468 g/mol. The molecule has 8 nitrogen and oxygen atoms in total. The number of carbonyl (C=O) groups excluding carboxylic acids is 3. The SMILES string of the molecule is Cc1ccc(C(=O)O)cc1-c1ccc(/C=C2\SC(=O)N(CC(=O)Nc3cccc(C)c3C)C2=O)o1. The van der Waals surface area contributed by atoms with Gasteiger partial charge in [0, 0.05) is 17.3 Å². The minimum Gasteiger partial charge on any atom is -0.478 e. The van der Waals surface area contributed by atoms with E-state index in [0.29, 0.717) is 22.8 Å². The van der Waals surface area contributed by atoms with Gasteiger partial charge in [-0.05, 0) is 79.6 Å². The van der Waals surface area contributed by atoms with Crippen molar-refractivity contribution >= 4 is 46.5 Å². The minimum atomic E-state index is -1.05. The van der Waals surface area contributed by atoms with Gasteiger partial charge in [0.15, 0.2) is 0 Å². The van der Waals surface area contributed by atoms with Crippen molar-refractivity contribution in [3.63, 3.8) is 0 Å². The van der Waals surface area contributed by atoms with E-state index in [-0.39, 0.29) is 10.5 Å². The number of nitrogens with zero attached hydrogens (tertiary/aromatic N) is 1. The average Bonchev–Trinajstić information content (AvgIpc) is 3.37. The van der Waals surface area contributed by atoms with Crippen molar-refractivity contribution in [2.24, 2.45) is 0 Å². The Hall–Kier alpha value is -4.11. The van der Waals surface area contributed by atoms with E-state index >= 15 is 0 Å². The standard InChI is InChI=1S/C26H22N2O6S/c1-14-5-4-6-20(16(14)3)27-23(29)13-28-24(30)22(35-26(28)33)12-18-9-10-21(34-18)19-11-17(25(31)32)8-7-15(19)2/h4-12H,13H2,1-3H3,(H,27,29)(H,31,32)/b22-12-. The fourth-order valence-electron chi connectivity index (χ4n) is 3.58. The van der Waals surface area contributed by atoms with Crippen LogP contribution in [0.4, 0.5) is 10.5 Å². The maximum absolute atomic E-state index is 12.8. The third kappa shape index (κ3) is 5.04. The van der Waals surface area contributed by atoms with Crippen molar-refractivity contribution in [3.8, 4) is 11.3 Å². The molecule has 2 N–H and O–H groups in total. The lowest BCUT2D eigenvalue weighted by Gasteiger charge is -2.14. The van der Waals surface area contributed by atoms with Gasteiger partial charge in [-0.15, -0.1) is 0 Å². The molecular formula is C26H22N2O6S. The van der Waals surface area contributed by atoms with Crippen molar-refractivity contribution in [2.75, 3.05) is 11.9 Å². The normalized spacial score (nSPS) is 14.6. The lowest BCUT2D eigenvalue weighted by atomic mass is 10.0. The number of amides is 3. The maximum Gasteiger partial charge on any atom is 0.335 e. The number of aromatic carboxylic acids is 1. The summed E-state index contributed by atoms with van der Waals surface area (Å²) in [6.45, 7) is 5.24. The molecule has 1 aliphatic heterocycles. The van der Waals surface area contributed by atoms with Crippen LogP contribution in [0.5, 0.6) is 0 Å². The summed E-state index contributed by atoms with van der Waals surface area (Å²) in [6.07, 6.45) is 1.44. The number of aryl methyl sites for hydroxylation is 2. The smallest absolute Gasteiger partial charge is 0.335 e. The fraction of sp³-hybridized carbons (Fsp3) is 0.154. The number of furan rings is 1. The predicted molar refractivity (Wildman–Crippen MR) is 133 cm³/mol. The number of carboxylic acids is 1. The quantitative estimate of drug-likeness (QED) is 0.454. The predicted octanol–water partition coefficient (Wildman–Crippen LogP) is 5.25. The number of hydrogen-bond donors (Lipinski definition) is 2. The summed E-state index contributed by atoms with van der Waals surface area (Å²) in [6, 6.07) is 13.5. The first-order valence-corrected chi connectivity index (χ1v) is 11.5. The van der Waals surface area contributed by atoms with Gasteiger partial charge < -0.3 is 14.8 Å². The minimum absolute atomic E-state index is 0.129. The lowest BCUT2D eigenvalue weighted by Crippen LogP contribution is -2.36. The van der Waals surface area contributed by atoms with Crippen molar-refractivity contribution in [2.45, 2.75) is 20.8 Å². The van der Waals surface area contributed by atoms with E-state index in [1.54, 1.807) is 24.3 Å². The molecule has 1 aliphatic rings. The summed E-state index contributed by atoms with van der Waals surface area (Å²) < 4.78 is 5.81. The van der Waals surface area contributed by atoms with Gasteiger partial charge in [-0.25, -0.2) is 4.79 Å². The number of nitrogens with one attached hydrogen (secondary N) is 1. The molecule has 2 aromatic carbocycles. The topological polar surface area (TPSA) is 117 Å². The molecule has 4 rings (SSSR count). The van der Waals surface area contributed by atoms with Crippen LogP contribution < -0.4 is 5.32 Å². The van der Waals surface area contributed by atoms with Crippen LogP contribution in [0.2, 0.25) is 0 Å². The monoisotopic (exact) mass is 490 g/mol. The van der Waals surface area contributed by atoms with Gasteiger partial charge in [0.1, 0.15) is 18.1 Å². The Bertz CT molecular complexity index is 1400. The fourth-order valence-corrected chi connectivity index (χ4v) is 4.40. The number of benzene rings is 2. The molecule has 9 heteroatoms. The molecule has 3 amide bonds. The largest absolute Gasteiger partial charge is 0.478 e. The van der Waals surface area contributed by atoms with Gasteiger partial charge in [-0.2, -0.15) is 0 Å². The van der Waals surface area contributed by atoms with Crippen molar-refractivity contribution in [3.05, 3.63) is 81.5 Å². The highest BCUT2D eigenvalue weighted by Gasteiger charge is 2.36. The first-order chi connectivity index (χ1) is 16.6. The first kappa shape index (κ1) is 24.0. The summed E-state index contributed by atoms with van der Waals surface area (Å²) in [5.41, 5.74) is 4.12. The van der Waals surface area contributed by atoms with Gasteiger partial charge in [-0.3, -0.25) is 19.3 Å².